The maximum atomic E-state index is 12.2. The zero-order chi connectivity index (χ0) is 14.4. The van der Waals surface area contributed by atoms with Gasteiger partial charge < -0.3 is 15.0 Å². The molecule has 1 saturated heterocycles. The number of nitrogens with one attached hydrogen (secondary N) is 1. The molecule has 0 bridgehead atoms. The summed E-state index contributed by atoms with van der Waals surface area (Å²) in [5, 5.41) is 12.0. The third-order valence-corrected chi connectivity index (χ3v) is 3.24. The van der Waals surface area contributed by atoms with Gasteiger partial charge in [-0.25, -0.2) is 4.98 Å². The van der Waals surface area contributed by atoms with Crippen LogP contribution < -0.4 is 5.32 Å². The Bertz CT molecular complexity index is 506. The molecule has 2 heterocycles. The Hall–Kier alpha value is -1.97. The second kappa shape index (κ2) is 6.98. The normalized spacial score (nSPS) is 16.5. The van der Waals surface area contributed by atoms with E-state index < -0.39 is 0 Å². The molecule has 6 nitrogen and oxygen atoms in total. The van der Waals surface area contributed by atoms with E-state index in [1.807, 2.05) is 24.0 Å². The van der Waals surface area contributed by atoms with E-state index in [1.165, 1.54) is 0 Å². The lowest BCUT2D eigenvalue weighted by atomic mass is 10.2. The Labute approximate surface area is 118 Å². The van der Waals surface area contributed by atoms with Gasteiger partial charge >= 0.3 is 0 Å². The number of carbonyl (C=O) groups excluding carboxylic acids is 1. The fraction of sp³-hybridized carbons (Fsp3) is 0.500. The highest BCUT2D eigenvalue weighted by Crippen LogP contribution is 2.04. The highest BCUT2D eigenvalue weighted by atomic mass is 16.5. The average molecular weight is 274 g/mol. The number of rotatable bonds is 4. The van der Waals surface area contributed by atoms with Crippen molar-refractivity contribution in [3.63, 3.8) is 0 Å². The number of aromatic nitrogens is 1. The molecule has 20 heavy (non-hydrogen) atoms. The summed E-state index contributed by atoms with van der Waals surface area (Å²) in [5.41, 5.74) is 1.33. The number of amides is 1. The van der Waals surface area contributed by atoms with Crippen LogP contribution in [0.3, 0.4) is 0 Å². The minimum atomic E-state index is -0.258. The summed E-state index contributed by atoms with van der Waals surface area (Å²) in [5.74, 6) is 0.0860. The van der Waals surface area contributed by atoms with Crippen molar-refractivity contribution in [3.8, 4) is 6.07 Å². The third-order valence-electron chi connectivity index (χ3n) is 3.24. The van der Waals surface area contributed by atoms with Gasteiger partial charge in [-0.3, -0.25) is 4.79 Å². The van der Waals surface area contributed by atoms with Crippen LogP contribution in [0.25, 0.3) is 0 Å². The molecule has 1 atom stereocenters. The molecule has 1 aromatic heterocycles. The average Bonchev–Trinajstić information content (AvgIpc) is 2.53. The van der Waals surface area contributed by atoms with Gasteiger partial charge in [0.1, 0.15) is 11.8 Å². The Kier molecular flexibility index (Phi) is 5.04. The molecule has 1 fully saturated rings. The van der Waals surface area contributed by atoms with Gasteiger partial charge in [0.2, 0.25) is 5.91 Å². The minimum Gasteiger partial charge on any atom is -0.378 e. The lowest BCUT2D eigenvalue weighted by molar-refractivity contribution is -0.137. The SMILES string of the molecule is CC(NCc1ccnc(C#N)c1)C(=O)N1CCOCC1. The van der Waals surface area contributed by atoms with Gasteiger partial charge in [-0.05, 0) is 24.6 Å². The number of nitriles is 1. The highest BCUT2D eigenvalue weighted by molar-refractivity contribution is 5.81. The zero-order valence-corrected chi connectivity index (χ0v) is 11.5. The molecule has 0 saturated carbocycles. The van der Waals surface area contributed by atoms with Crippen LogP contribution >= 0.6 is 0 Å². The smallest absolute Gasteiger partial charge is 0.239 e. The van der Waals surface area contributed by atoms with Crippen molar-refractivity contribution >= 4 is 5.91 Å². The maximum Gasteiger partial charge on any atom is 0.239 e. The molecule has 0 radical (unpaired) electrons. The van der Waals surface area contributed by atoms with E-state index in [9.17, 15) is 4.79 Å². The van der Waals surface area contributed by atoms with Crippen molar-refractivity contribution in [2.24, 2.45) is 0 Å². The summed E-state index contributed by atoms with van der Waals surface area (Å²) in [6, 6.07) is 5.30. The quantitative estimate of drug-likeness (QED) is 0.854. The van der Waals surface area contributed by atoms with Gasteiger partial charge in [0.25, 0.3) is 0 Å². The molecule has 0 aliphatic carbocycles. The van der Waals surface area contributed by atoms with E-state index in [-0.39, 0.29) is 11.9 Å². The fourth-order valence-corrected chi connectivity index (χ4v) is 2.06. The van der Waals surface area contributed by atoms with Crippen LogP contribution in [0.15, 0.2) is 18.3 Å². The molecule has 1 aromatic rings. The van der Waals surface area contributed by atoms with Gasteiger partial charge in [-0.1, -0.05) is 0 Å². The Morgan fingerprint density at radius 2 is 2.35 bits per heavy atom. The van der Waals surface area contributed by atoms with Crippen LogP contribution in [-0.2, 0) is 16.1 Å². The number of pyridine rings is 1. The van der Waals surface area contributed by atoms with Crippen LogP contribution in [-0.4, -0.2) is 48.1 Å². The van der Waals surface area contributed by atoms with Crippen LogP contribution in [0.4, 0.5) is 0 Å². The first-order valence-electron chi connectivity index (χ1n) is 6.65. The summed E-state index contributed by atoms with van der Waals surface area (Å²) < 4.78 is 5.23. The monoisotopic (exact) mass is 274 g/mol. The molecule has 2 rings (SSSR count). The molecular formula is C14H18N4O2. The second-order valence-corrected chi connectivity index (χ2v) is 4.70. The number of morpholine rings is 1. The van der Waals surface area contributed by atoms with E-state index >= 15 is 0 Å². The van der Waals surface area contributed by atoms with E-state index in [0.29, 0.717) is 38.5 Å². The van der Waals surface area contributed by atoms with Crippen LogP contribution in [0.5, 0.6) is 0 Å². The number of hydrogen-bond donors (Lipinski definition) is 1. The fourth-order valence-electron chi connectivity index (χ4n) is 2.06. The second-order valence-electron chi connectivity index (χ2n) is 4.70. The van der Waals surface area contributed by atoms with E-state index in [0.717, 1.165) is 5.56 Å². The van der Waals surface area contributed by atoms with Crippen LogP contribution in [0.2, 0.25) is 0 Å². The number of carbonyl (C=O) groups is 1. The number of ether oxygens (including phenoxy) is 1. The standard InChI is InChI=1S/C14H18N4O2/c1-11(14(19)18-4-6-20-7-5-18)17-10-12-2-3-16-13(8-12)9-15/h2-3,8,11,17H,4-7,10H2,1H3. The van der Waals surface area contributed by atoms with Gasteiger partial charge in [-0.15, -0.1) is 0 Å². The molecule has 0 aromatic carbocycles. The lowest BCUT2D eigenvalue weighted by Crippen LogP contribution is -2.49. The summed E-state index contributed by atoms with van der Waals surface area (Å²) in [4.78, 5) is 17.9. The molecule has 1 amide bonds. The van der Waals surface area contributed by atoms with Gasteiger partial charge in [0.05, 0.1) is 19.3 Å². The van der Waals surface area contributed by atoms with Crippen molar-refractivity contribution in [1.82, 2.24) is 15.2 Å². The van der Waals surface area contributed by atoms with Gasteiger partial charge in [0, 0.05) is 25.8 Å². The molecule has 6 heteroatoms. The largest absolute Gasteiger partial charge is 0.378 e. The van der Waals surface area contributed by atoms with Crippen molar-refractivity contribution in [2.75, 3.05) is 26.3 Å². The summed E-state index contributed by atoms with van der Waals surface area (Å²) in [7, 11) is 0. The molecule has 1 unspecified atom stereocenters. The lowest BCUT2D eigenvalue weighted by Gasteiger charge is -2.29. The zero-order valence-electron chi connectivity index (χ0n) is 11.5. The first-order valence-corrected chi connectivity index (χ1v) is 6.65. The molecule has 1 aliphatic rings. The Morgan fingerprint density at radius 1 is 1.60 bits per heavy atom. The van der Waals surface area contributed by atoms with Crippen LogP contribution in [0.1, 0.15) is 18.2 Å². The first-order chi connectivity index (χ1) is 9.70. The van der Waals surface area contributed by atoms with Crippen LogP contribution in [0, 0.1) is 11.3 Å². The first kappa shape index (κ1) is 14.4. The van der Waals surface area contributed by atoms with Crippen molar-refractivity contribution in [2.45, 2.75) is 19.5 Å². The minimum absolute atomic E-state index is 0.0860. The summed E-state index contributed by atoms with van der Waals surface area (Å²) in [6.07, 6.45) is 1.60. The molecule has 0 spiro atoms. The third kappa shape index (κ3) is 3.76. The van der Waals surface area contributed by atoms with E-state index in [4.69, 9.17) is 10.00 Å². The predicted octanol–water partition coefficient (Wildman–Crippen LogP) is 0.290. The van der Waals surface area contributed by atoms with E-state index in [2.05, 4.69) is 10.3 Å². The number of hydrogen-bond acceptors (Lipinski definition) is 5. The van der Waals surface area contributed by atoms with Crippen molar-refractivity contribution in [3.05, 3.63) is 29.6 Å². The van der Waals surface area contributed by atoms with Crippen molar-refractivity contribution < 1.29 is 9.53 Å². The Morgan fingerprint density at radius 3 is 3.05 bits per heavy atom. The predicted molar refractivity (Wildman–Crippen MR) is 72.7 cm³/mol. The molecule has 1 aliphatic heterocycles. The molecular weight excluding hydrogens is 256 g/mol. The summed E-state index contributed by atoms with van der Waals surface area (Å²) in [6.45, 7) is 4.90. The van der Waals surface area contributed by atoms with Gasteiger partial charge in [0.15, 0.2) is 0 Å². The Balaban J connectivity index is 1.86. The highest BCUT2D eigenvalue weighted by Gasteiger charge is 2.21. The van der Waals surface area contributed by atoms with E-state index in [1.54, 1.807) is 12.3 Å². The number of nitrogens with zero attached hydrogens (tertiary/aromatic N) is 3. The van der Waals surface area contributed by atoms with Gasteiger partial charge in [-0.2, -0.15) is 5.26 Å². The topological polar surface area (TPSA) is 78.2 Å². The molecule has 106 valence electrons. The maximum absolute atomic E-state index is 12.2. The van der Waals surface area contributed by atoms with Crippen molar-refractivity contribution in [1.29, 1.82) is 5.26 Å². The summed E-state index contributed by atoms with van der Waals surface area (Å²) >= 11 is 0. The molecule has 1 N–H and O–H groups in total.